The lowest BCUT2D eigenvalue weighted by molar-refractivity contribution is 0.123. The standard InChI is InChI=1S/C25H29N7O/c1-18-5-4-6-19(15-18)20-7-10-32(29-20)23-16-21(31-11-13-33-14-12-31)24-25(28-23)27-22(26-24)17-30-8-2-3-9-30/h4-7,10,15-16H,2-3,8-9,11-14,17H2,1H3,(H,26,27,28). The maximum absolute atomic E-state index is 5.59. The van der Waals surface area contributed by atoms with E-state index in [4.69, 9.17) is 19.8 Å². The molecule has 8 heteroatoms. The van der Waals surface area contributed by atoms with Crippen molar-refractivity contribution >= 4 is 16.9 Å². The van der Waals surface area contributed by atoms with Crippen molar-refractivity contribution in [1.29, 1.82) is 0 Å². The van der Waals surface area contributed by atoms with Gasteiger partial charge in [0, 0.05) is 30.9 Å². The number of aromatic amines is 1. The highest BCUT2D eigenvalue weighted by Gasteiger charge is 2.21. The van der Waals surface area contributed by atoms with Crippen molar-refractivity contribution < 1.29 is 4.74 Å². The second-order valence-electron chi connectivity index (χ2n) is 8.98. The molecule has 170 valence electrons. The molecule has 6 rings (SSSR count). The van der Waals surface area contributed by atoms with E-state index in [0.29, 0.717) is 0 Å². The van der Waals surface area contributed by atoms with Crippen molar-refractivity contribution in [1.82, 2.24) is 29.6 Å². The van der Waals surface area contributed by atoms with Crippen LogP contribution in [0.15, 0.2) is 42.6 Å². The van der Waals surface area contributed by atoms with Crippen LogP contribution in [-0.2, 0) is 11.3 Å². The fourth-order valence-electron chi connectivity index (χ4n) is 4.81. The molecule has 0 aliphatic carbocycles. The lowest BCUT2D eigenvalue weighted by Crippen LogP contribution is -2.36. The molecule has 0 saturated carbocycles. The number of benzene rings is 1. The Hall–Kier alpha value is -3.23. The van der Waals surface area contributed by atoms with Crippen LogP contribution in [0.4, 0.5) is 5.69 Å². The van der Waals surface area contributed by atoms with Gasteiger partial charge in [-0.2, -0.15) is 5.10 Å². The molecular formula is C25H29N7O. The number of nitrogens with one attached hydrogen (secondary N) is 1. The van der Waals surface area contributed by atoms with Crippen molar-refractivity contribution in [3.05, 3.63) is 54.0 Å². The normalized spacial score (nSPS) is 17.3. The van der Waals surface area contributed by atoms with Crippen molar-refractivity contribution in [2.75, 3.05) is 44.3 Å². The summed E-state index contributed by atoms with van der Waals surface area (Å²) < 4.78 is 7.46. The van der Waals surface area contributed by atoms with Crippen molar-refractivity contribution in [2.24, 2.45) is 0 Å². The van der Waals surface area contributed by atoms with Crippen molar-refractivity contribution in [3.63, 3.8) is 0 Å². The first-order valence-electron chi connectivity index (χ1n) is 11.8. The Morgan fingerprint density at radius 3 is 2.67 bits per heavy atom. The Kier molecular flexibility index (Phi) is 5.32. The number of rotatable bonds is 5. The fourth-order valence-corrected chi connectivity index (χ4v) is 4.81. The summed E-state index contributed by atoms with van der Waals surface area (Å²) in [6.07, 6.45) is 4.52. The average molecular weight is 444 g/mol. The topological polar surface area (TPSA) is 75.1 Å². The Bertz CT molecular complexity index is 1260. The van der Waals surface area contributed by atoms with Crippen LogP contribution >= 0.6 is 0 Å². The van der Waals surface area contributed by atoms with Gasteiger partial charge < -0.3 is 14.6 Å². The molecule has 2 saturated heterocycles. The number of pyridine rings is 1. The van der Waals surface area contributed by atoms with Crippen LogP contribution in [0.5, 0.6) is 0 Å². The molecule has 0 amide bonds. The molecule has 5 heterocycles. The first kappa shape index (κ1) is 20.4. The van der Waals surface area contributed by atoms with Gasteiger partial charge in [-0.05, 0) is 45.0 Å². The van der Waals surface area contributed by atoms with Gasteiger partial charge in [-0.25, -0.2) is 14.6 Å². The quantitative estimate of drug-likeness (QED) is 0.508. The van der Waals surface area contributed by atoms with Gasteiger partial charge in [-0.1, -0.05) is 23.8 Å². The van der Waals surface area contributed by atoms with E-state index in [0.717, 1.165) is 85.7 Å². The molecule has 2 aliphatic heterocycles. The summed E-state index contributed by atoms with van der Waals surface area (Å²) in [7, 11) is 0. The number of hydrogen-bond acceptors (Lipinski definition) is 6. The number of morpholine rings is 1. The molecule has 1 aromatic carbocycles. The lowest BCUT2D eigenvalue weighted by atomic mass is 10.1. The van der Waals surface area contributed by atoms with Crippen molar-refractivity contribution in [2.45, 2.75) is 26.3 Å². The van der Waals surface area contributed by atoms with Crippen LogP contribution < -0.4 is 4.90 Å². The number of aromatic nitrogens is 5. The first-order chi connectivity index (χ1) is 16.2. The first-order valence-corrected chi connectivity index (χ1v) is 11.8. The summed E-state index contributed by atoms with van der Waals surface area (Å²) >= 11 is 0. The van der Waals surface area contributed by atoms with Gasteiger partial charge in [0.2, 0.25) is 0 Å². The molecule has 1 N–H and O–H groups in total. The smallest absolute Gasteiger partial charge is 0.162 e. The molecular weight excluding hydrogens is 414 g/mol. The van der Waals surface area contributed by atoms with E-state index in [1.165, 1.54) is 18.4 Å². The van der Waals surface area contributed by atoms with E-state index < -0.39 is 0 Å². The van der Waals surface area contributed by atoms with E-state index in [1.54, 1.807) is 0 Å². The zero-order valence-corrected chi connectivity index (χ0v) is 19.0. The maximum atomic E-state index is 5.59. The highest BCUT2D eigenvalue weighted by Crippen LogP contribution is 2.29. The van der Waals surface area contributed by atoms with Gasteiger partial charge in [0.25, 0.3) is 0 Å². The number of hydrogen-bond donors (Lipinski definition) is 1. The van der Waals surface area contributed by atoms with Gasteiger partial charge in [0.15, 0.2) is 11.5 Å². The summed E-state index contributed by atoms with van der Waals surface area (Å²) in [6.45, 7) is 8.37. The third-order valence-electron chi connectivity index (χ3n) is 6.53. The summed E-state index contributed by atoms with van der Waals surface area (Å²) in [5.74, 6) is 1.77. The molecule has 2 aliphatic rings. The second kappa shape index (κ2) is 8.61. The van der Waals surface area contributed by atoms with Crippen LogP contribution in [0.3, 0.4) is 0 Å². The highest BCUT2D eigenvalue weighted by molar-refractivity contribution is 5.87. The Morgan fingerprint density at radius 1 is 1.00 bits per heavy atom. The number of nitrogens with zero attached hydrogens (tertiary/aromatic N) is 6. The Balaban J connectivity index is 1.40. The summed E-state index contributed by atoms with van der Waals surface area (Å²) in [5, 5.41) is 4.84. The van der Waals surface area contributed by atoms with Gasteiger partial charge in [0.1, 0.15) is 11.3 Å². The second-order valence-corrected chi connectivity index (χ2v) is 8.98. The van der Waals surface area contributed by atoms with E-state index in [2.05, 4.69) is 52.0 Å². The maximum Gasteiger partial charge on any atom is 0.162 e. The predicted octanol–water partition coefficient (Wildman–Crippen LogP) is 3.55. The molecule has 4 aromatic rings. The monoisotopic (exact) mass is 443 g/mol. The Labute approximate surface area is 193 Å². The molecule has 0 bridgehead atoms. The number of ether oxygens (including phenoxy) is 1. The molecule has 0 spiro atoms. The van der Waals surface area contributed by atoms with Crippen LogP contribution in [-0.4, -0.2) is 69.0 Å². The number of H-pyrrole nitrogens is 1. The molecule has 0 atom stereocenters. The third kappa shape index (κ3) is 4.12. The lowest BCUT2D eigenvalue weighted by Gasteiger charge is -2.29. The molecule has 0 unspecified atom stereocenters. The molecule has 2 fully saturated rings. The molecule has 33 heavy (non-hydrogen) atoms. The van der Waals surface area contributed by atoms with Gasteiger partial charge in [-0.3, -0.25) is 4.90 Å². The minimum Gasteiger partial charge on any atom is -0.378 e. The van der Waals surface area contributed by atoms with Gasteiger partial charge in [-0.15, -0.1) is 0 Å². The summed E-state index contributed by atoms with van der Waals surface area (Å²) in [6, 6.07) is 12.6. The number of aryl methyl sites for hydroxylation is 1. The van der Waals surface area contributed by atoms with Gasteiger partial charge >= 0.3 is 0 Å². The number of likely N-dealkylation sites (tertiary alicyclic amines) is 1. The molecule has 8 nitrogen and oxygen atoms in total. The van der Waals surface area contributed by atoms with E-state index >= 15 is 0 Å². The predicted molar refractivity (Wildman–Crippen MR) is 129 cm³/mol. The number of anilines is 1. The van der Waals surface area contributed by atoms with E-state index in [1.807, 2.05) is 16.9 Å². The number of imidazole rings is 1. The van der Waals surface area contributed by atoms with Crippen LogP contribution in [0.1, 0.15) is 24.2 Å². The number of fused-ring (bicyclic) bond motifs is 1. The fraction of sp³-hybridized carbons (Fsp3) is 0.400. The minimum atomic E-state index is 0.726. The average Bonchev–Trinajstić information content (AvgIpc) is 3.60. The zero-order chi connectivity index (χ0) is 22.2. The van der Waals surface area contributed by atoms with Crippen LogP contribution in [0, 0.1) is 6.92 Å². The van der Waals surface area contributed by atoms with Crippen molar-refractivity contribution in [3.8, 4) is 17.1 Å². The Morgan fingerprint density at radius 2 is 1.85 bits per heavy atom. The molecule has 0 radical (unpaired) electrons. The van der Waals surface area contributed by atoms with E-state index in [-0.39, 0.29) is 0 Å². The largest absolute Gasteiger partial charge is 0.378 e. The van der Waals surface area contributed by atoms with Gasteiger partial charge in [0.05, 0.1) is 31.1 Å². The highest BCUT2D eigenvalue weighted by atomic mass is 16.5. The van der Waals surface area contributed by atoms with Crippen LogP contribution in [0.25, 0.3) is 28.2 Å². The summed E-state index contributed by atoms with van der Waals surface area (Å²) in [5.41, 5.74) is 6.11. The minimum absolute atomic E-state index is 0.726. The van der Waals surface area contributed by atoms with Crippen LogP contribution in [0.2, 0.25) is 0 Å². The zero-order valence-electron chi connectivity index (χ0n) is 19.0. The SMILES string of the molecule is Cc1cccc(-c2ccn(-c3cc(N4CCOCC4)c4nc(CN5CCCC5)[nH]c4n3)n2)c1. The third-order valence-corrected chi connectivity index (χ3v) is 6.53. The molecule has 3 aromatic heterocycles. The van der Waals surface area contributed by atoms with E-state index in [9.17, 15) is 0 Å². The summed E-state index contributed by atoms with van der Waals surface area (Å²) in [4.78, 5) is 18.2.